The summed E-state index contributed by atoms with van der Waals surface area (Å²) in [4.78, 5) is 22.8. The molecule has 0 amide bonds. The van der Waals surface area contributed by atoms with Gasteiger partial charge in [-0.2, -0.15) is 0 Å². The number of carboxylic acids is 1. The molecule has 0 radical (unpaired) electrons. The van der Waals surface area contributed by atoms with Crippen LogP contribution in [-0.4, -0.2) is 27.8 Å². The molecule has 0 bridgehead atoms. The first-order chi connectivity index (χ1) is 8.00. The second kappa shape index (κ2) is 4.78. The van der Waals surface area contributed by atoms with Crippen LogP contribution in [0.2, 0.25) is 0 Å². The van der Waals surface area contributed by atoms with Crippen LogP contribution in [0.3, 0.4) is 0 Å². The fraction of sp³-hybridized carbons (Fsp3) is 0.250. The SMILES string of the molecule is CC1(CC(=O)O)C(=NO)C(=O)c2ccccc21.Cl. The summed E-state index contributed by atoms with van der Waals surface area (Å²) in [5.74, 6) is -1.45. The number of carbonyl (C=O) groups is 2. The van der Waals surface area contributed by atoms with Crippen molar-refractivity contribution in [2.75, 3.05) is 0 Å². The first kappa shape index (κ1) is 14.2. The normalized spacial score (nSPS) is 23.6. The summed E-state index contributed by atoms with van der Waals surface area (Å²) in [6.07, 6.45) is -0.283. The van der Waals surface area contributed by atoms with Crippen LogP contribution in [0, 0.1) is 0 Å². The predicted molar refractivity (Wildman–Crippen MR) is 66.8 cm³/mol. The number of rotatable bonds is 2. The lowest BCUT2D eigenvalue weighted by Crippen LogP contribution is -2.33. The van der Waals surface area contributed by atoms with E-state index in [1.165, 1.54) is 0 Å². The average Bonchev–Trinajstić information content (AvgIpc) is 2.48. The molecule has 1 aliphatic rings. The van der Waals surface area contributed by atoms with Crippen molar-refractivity contribution in [3.63, 3.8) is 0 Å². The van der Waals surface area contributed by atoms with Crippen LogP contribution in [0.5, 0.6) is 0 Å². The lowest BCUT2D eigenvalue weighted by atomic mass is 9.79. The molecule has 5 nitrogen and oxygen atoms in total. The summed E-state index contributed by atoms with van der Waals surface area (Å²) >= 11 is 0. The highest BCUT2D eigenvalue weighted by Gasteiger charge is 2.47. The summed E-state index contributed by atoms with van der Waals surface area (Å²) in [6, 6.07) is 6.72. The molecular weight excluding hydrogens is 258 g/mol. The number of halogens is 1. The minimum Gasteiger partial charge on any atom is -0.481 e. The molecule has 0 aromatic heterocycles. The Morgan fingerprint density at radius 3 is 2.56 bits per heavy atom. The average molecular weight is 270 g/mol. The van der Waals surface area contributed by atoms with Crippen LogP contribution in [0.4, 0.5) is 0 Å². The molecule has 0 heterocycles. The molecule has 1 aliphatic carbocycles. The van der Waals surface area contributed by atoms with Gasteiger partial charge in [-0.1, -0.05) is 29.4 Å². The zero-order valence-corrected chi connectivity index (χ0v) is 10.4. The third-order valence-corrected chi connectivity index (χ3v) is 3.11. The highest BCUT2D eigenvalue weighted by atomic mass is 35.5. The Morgan fingerprint density at radius 1 is 1.39 bits per heavy atom. The van der Waals surface area contributed by atoms with Crippen molar-refractivity contribution >= 4 is 29.9 Å². The molecule has 18 heavy (non-hydrogen) atoms. The fourth-order valence-corrected chi connectivity index (χ4v) is 2.31. The van der Waals surface area contributed by atoms with E-state index in [4.69, 9.17) is 10.3 Å². The molecule has 1 atom stereocenters. The molecule has 1 unspecified atom stereocenters. The third-order valence-electron chi connectivity index (χ3n) is 3.11. The van der Waals surface area contributed by atoms with E-state index in [0.717, 1.165) is 0 Å². The van der Waals surface area contributed by atoms with Gasteiger partial charge in [-0.25, -0.2) is 0 Å². The molecule has 2 N–H and O–H groups in total. The van der Waals surface area contributed by atoms with Crippen LogP contribution in [0.1, 0.15) is 29.3 Å². The van der Waals surface area contributed by atoms with Gasteiger partial charge in [0.25, 0.3) is 0 Å². The molecule has 1 aromatic rings. The number of ketones is 1. The standard InChI is InChI=1S/C12H11NO4.ClH/c1-12(6-9(14)15)8-5-3-2-4-7(8)10(16)11(12)13-17;/h2-5,17H,6H2,1H3,(H,14,15);1H. The maximum absolute atomic E-state index is 11.9. The Balaban J connectivity index is 0.00000162. The van der Waals surface area contributed by atoms with Gasteiger partial charge in [0.15, 0.2) is 0 Å². The molecule has 0 saturated heterocycles. The third kappa shape index (κ3) is 1.86. The van der Waals surface area contributed by atoms with Gasteiger partial charge in [-0.15, -0.1) is 12.4 Å². The van der Waals surface area contributed by atoms with Gasteiger partial charge < -0.3 is 10.3 Å². The zero-order valence-electron chi connectivity index (χ0n) is 9.58. The van der Waals surface area contributed by atoms with Gasteiger partial charge in [-0.05, 0) is 12.5 Å². The number of carbonyl (C=O) groups excluding carboxylic acids is 1. The van der Waals surface area contributed by atoms with Crippen molar-refractivity contribution in [2.24, 2.45) is 5.16 Å². The second-order valence-electron chi connectivity index (χ2n) is 4.23. The van der Waals surface area contributed by atoms with Crippen molar-refractivity contribution in [1.29, 1.82) is 0 Å². The Hall–Kier alpha value is -1.88. The summed E-state index contributed by atoms with van der Waals surface area (Å²) in [5, 5.41) is 20.8. The zero-order chi connectivity index (χ0) is 12.6. The van der Waals surface area contributed by atoms with Crippen molar-refractivity contribution < 1.29 is 19.9 Å². The Labute approximate surface area is 110 Å². The summed E-state index contributed by atoms with van der Waals surface area (Å²) < 4.78 is 0. The topological polar surface area (TPSA) is 87.0 Å². The van der Waals surface area contributed by atoms with E-state index in [-0.39, 0.29) is 24.5 Å². The number of nitrogens with zero attached hydrogens (tertiary/aromatic N) is 1. The highest BCUT2D eigenvalue weighted by molar-refractivity contribution is 6.52. The Bertz CT molecular complexity index is 541. The molecule has 96 valence electrons. The van der Waals surface area contributed by atoms with Crippen LogP contribution in [0.15, 0.2) is 29.4 Å². The molecule has 6 heteroatoms. The largest absolute Gasteiger partial charge is 0.481 e. The number of Topliss-reactive ketones (excluding diaryl/α,β-unsaturated/α-hetero) is 1. The monoisotopic (exact) mass is 269 g/mol. The van der Waals surface area contributed by atoms with E-state index in [0.29, 0.717) is 11.1 Å². The second-order valence-corrected chi connectivity index (χ2v) is 4.23. The predicted octanol–water partition coefficient (Wildman–Crippen LogP) is 1.87. The van der Waals surface area contributed by atoms with Crippen molar-refractivity contribution in [2.45, 2.75) is 18.8 Å². The quantitative estimate of drug-likeness (QED) is 0.634. The van der Waals surface area contributed by atoms with Crippen LogP contribution in [0.25, 0.3) is 0 Å². The van der Waals surface area contributed by atoms with Crippen LogP contribution >= 0.6 is 12.4 Å². The van der Waals surface area contributed by atoms with Crippen LogP contribution < -0.4 is 0 Å². The minimum absolute atomic E-state index is 0. The summed E-state index contributed by atoms with van der Waals surface area (Å²) in [5.41, 5.74) is -0.167. The van der Waals surface area contributed by atoms with E-state index in [1.54, 1.807) is 31.2 Å². The first-order valence-electron chi connectivity index (χ1n) is 5.09. The summed E-state index contributed by atoms with van der Waals surface area (Å²) in [6.45, 7) is 1.60. The molecule has 1 aromatic carbocycles. The highest BCUT2D eigenvalue weighted by Crippen LogP contribution is 2.39. The molecule has 0 aliphatic heterocycles. The maximum Gasteiger partial charge on any atom is 0.304 e. The maximum atomic E-state index is 11.9. The van der Waals surface area contributed by atoms with Gasteiger partial charge in [-0.3, -0.25) is 9.59 Å². The summed E-state index contributed by atoms with van der Waals surface area (Å²) in [7, 11) is 0. The number of hydrogen-bond acceptors (Lipinski definition) is 4. The number of fused-ring (bicyclic) bond motifs is 1. The van der Waals surface area contributed by atoms with E-state index >= 15 is 0 Å². The number of hydrogen-bond donors (Lipinski definition) is 2. The number of benzene rings is 1. The van der Waals surface area contributed by atoms with Gasteiger partial charge in [0.05, 0.1) is 11.8 Å². The fourth-order valence-electron chi connectivity index (χ4n) is 2.31. The smallest absolute Gasteiger partial charge is 0.304 e. The van der Waals surface area contributed by atoms with Gasteiger partial charge in [0.1, 0.15) is 5.71 Å². The molecule has 2 rings (SSSR count). The number of aliphatic carboxylic acids is 1. The van der Waals surface area contributed by atoms with E-state index in [1.807, 2.05) is 0 Å². The minimum atomic E-state index is -1.06. The lowest BCUT2D eigenvalue weighted by Gasteiger charge is -2.22. The molecule has 0 fully saturated rings. The van der Waals surface area contributed by atoms with Gasteiger partial charge in [0.2, 0.25) is 5.78 Å². The number of oxime groups is 1. The van der Waals surface area contributed by atoms with Crippen molar-refractivity contribution in [3.8, 4) is 0 Å². The van der Waals surface area contributed by atoms with Gasteiger partial charge >= 0.3 is 5.97 Å². The van der Waals surface area contributed by atoms with E-state index in [9.17, 15) is 9.59 Å². The number of carboxylic acid groups (broad SMARTS) is 1. The van der Waals surface area contributed by atoms with Crippen LogP contribution in [-0.2, 0) is 10.2 Å². The molecule has 0 saturated carbocycles. The Kier molecular flexibility index (Phi) is 3.76. The van der Waals surface area contributed by atoms with Crippen molar-refractivity contribution in [3.05, 3.63) is 35.4 Å². The first-order valence-corrected chi connectivity index (χ1v) is 5.09. The Morgan fingerprint density at radius 2 is 2.00 bits per heavy atom. The van der Waals surface area contributed by atoms with Gasteiger partial charge in [0, 0.05) is 5.56 Å². The molecular formula is C12H12ClNO4. The lowest BCUT2D eigenvalue weighted by molar-refractivity contribution is -0.137. The van der Waals surface area contributed by atoms with Crippen molar-refractivity contribution in [1.82, 2.24) is 0 Å². The van der Waals surface area contributed by atoms with E-state index in [2.05, 4.69) is 5.16 Å². The molecule has 0 spiro atoms. The van der Waals surface area contributed by atoms with E-state index < -0.39 is 17.2 Å².